The highest BCUT2D eigenvalue weighted by Gasteiger charge is 2.38. The number of halogens is 4. The lowest BCUT2D eigenvalue weighted by atomic mass is 9.98. The van der Waals surface area contributed by atoms with Gasteiger partial charge < -0.3 is 5.73 Å². The highest BCUT2D eigenvalue weighted by Crippen LogP contribution is 2.34. The van der Waals surface area contributed by atoms with Crippen molar-refractivity contribution >= 4 is 10.8 Å². The fourth-order valence-electron chi connectivity index (χ4n) is 1.73. The van der Waals surface area contributed by atoms with E-state index in [0.717, 1.165) is 12.1 Å². The maximum absolute atomic E-state index is 13.4. The number of rotatable bonds is 1. The fourth-order valence-corrected chi connectivity index (χ4v) is 1.73. The number of hydrogen-bond donors (Lipinski definition) is 1. The molecule has 2 rings (SSSR count). The average molecular weight is 243 g/mol. The summed E-state index contributed by atoms with van der Waals surface area (Å²) in [5.74, 6) is -0.557. The molecule has 0 aliphatic rings. The average Bonchev–Trinajstić information content (AvgIpc) is 2.28. The van der Waals surface area contributed by atoms with Gasteiger partial charge >= 0.3 is 6.18 Å². The Kier molecular flexibility index (Phi) is 2.79. The Hall–Kier alpha value is -1.62. The Morgan fingerprint density at radius 3 is 2.12 bits per heavy atom. The van der Waals surface area contributed by atoms with Crippen LogP contribution in [-0.2, 0) is 0 Å². The number of nitrogens with two attached hydrogens (primary N) is 1. The summed E-state index contributed by atoms with van der Waals surface area (Å²) in [6, 6.07) is 5.95. The standard InChI is InChI=1S/C12H9F4N/c13-10-6-5-9(11(17)12(14,15)16)7-3-1-2-4-8(7)10/h1-6,11H,17H2/t11-/m1/s1. The summed E-state index contributed by atoms with van der Waals surface area (Å²) in [6.07, 6.45) is -4.54. The van der Waals surface area contributed by atoms with Crippen LogP contribution in [0.5, 0.6) is 0 Å². The molecule has 2 aromatic carbocycles. The van der Waals surface area contributed by atoms with Crippen LogP contribution in [0.15, 0.2) is 36.4 Å². The summed E-state index contributed by atoms with van der Waals surface area (Å²) < 4.78 is 51.0. The highest BCUT2D eigenvalue weighted by atomic mass is 19.4. The van der Waals surface area contributed by atoms with Crippen molar-refractivity contribution in [2.45, 2.75) is 12.2 Å². The van der Waals surface area contributed by atoms with Gasteiger partial charge in [-0.1, -0.05) is 30.3 Å². The van der Waals surface area contributed by atoms with Crippen molar-refractivity contribution in [2.75, 3.05) is 0 Å². The molecule has 5 heteroatoms. The molecule has 0 unspecified atom stereocenters. The zero-order valence-corrected chi connectivity index (χ0v) is 8.63. The van der Waals surface area contributed by atoms with Gasteiger partial charge in [-0.15, -0.1) is 0 Å². The lowest BCUT2D eigenvalue weighted by Gasteiger charge is -2.18. The van der Waals surface area contributed by atoms with E-state index < -0.39 is 18.0 Å². The Labute approximate surface area is 94.8 Å². The molecule has 1 atom stereocenters. The van der Waals surface area contributed by atoms with Gasteiger partial charge in [-0.25, -0.2) is 4.39 Å². The Morgan fingerprint density at radius 1 is 0.941 bits per heavy atom. The number of benzene rings is 2. The molecule has 0 spiro atoms. The van der Waals surface area contributed by atoms with Crippen molar-refractivity contribution in [1.29, 1.82) is 0 Å². The topological polar surface area (TPSA) is 26.0 Å². The van der Waals surface area contributed by atoms with Gasteiger partial charge in [-0.2, -0.15) is 13.2 Å². The van der Waals surface area contributed by atoms with E-state index in [-0.39, 0.29) is 16.3 Å². The van der Waals surface area contributed by atoms with Crippen LogP contribution in [0.3, 0.4) is 0 Å². The quantitative estimate of drug-likeness (QED) is 0.761. The van der Waals surface area contributed by atoms with Gasteiger partial charge in [0.05, 0.1) is 0 Å². The van der Waals surface area contributed by atoms with E-state index in [1.54, 1.807) is 12.1 Å². The summed E-state index contributed by atoms with van der Waals surface area (Å²) in [6.45, 7) is 0. The molecule has 0 heterocycles. The van der Waals surface area contributed by atoms with E-state index in [9.17, 15) is 17.6 Å². The third-order valence-corrected chi connectivity index (χ3v) is 2.59. The molecule has 90 valence electrons. The van der Waals surface area contributed by atoms with E-state index in [4.69, 9.17) is 5.73 Å². The van der Waals surface area contributed by atoms with Crippen LogP contribution in [-0.4, -0.2) is 6.18 Å². The monoisotopic (exact) mass is 243 g/mol. The maximum Gasteiger partial charge on any atom is 0.407 e. The van der Waals surface area contributed by atoms with E-state index >= 15 is 0 Å². The lowest BCUT2D eigenvalue weighted by molar-refractivity contribution is -0.148. The largest absolute Gasteiger partial charge is 0.407 e. The molecule has 2 N–H and O–H groups in total. The zero-order valence-electron chi connectivity index (χ0n) is 8.63. The summed E-state index contributed by atoms with van der Waals surface area (Å²) >= 11 is 0. The molecule has 0 aliphatic heterocycles. The van der Waals surface area contributed by atoms with Crippen molar-refractivity contribution in [3.8, 4) is 0 Å². The van der Waals surface area contributed by atoms with Crippen LogP contribution in [0.1, 0.15) is 11.6 Å². The van der Waals surface area contributed by atoms with Crippen LogP contribution < -0.4 is 5.73 Å². The minimum absolute atomic E-state index is 0.116. The molecular formula is C12H9F4N. The van der Waals surface area contributed by atoms with Crippen molar-refractivity contribution in [1.82, 2.24) is 0 Å². The van der Waals surface area contributed by atoms with E-state index in [1.165, 1.54) is 12.1 Å². The molecule has 0 aromatic heterocycles. The molecule has 0 radical (unpaired) electrons. The van der Waals surface area contributed by atoms with Crippen LogP contribution in [0.25, 0.3) is 10.8 Å². The van der Waals surface area contributed by atoms with Gasteiger partial charge in [0.2, 0.25) is 0 Å². The maximum atomic E-state index is 13.4. The molecule has 0 aliphatic carbocycles. The van der Waals surface area contributed by atoms with Gasteiger partial charge in [-0.3, -0.25) is 0 Å². The summed E-state index contributed by atoms with van der Waals surface area (Å²) in [4.78, 5) is 0. The van der Waals surface area contributed by atoms with Crippen LogP contribution >= 0.6 is 0 Å². The Morgan fingerprint density at radius 2 is 1.53 bits per heavy atom. The minimum atomic E-state index is -4.54. The Balaban J connectivity index is 2.67. The number of alkyl halides is 3. The molecule has 0 fully saturated rings. The fraction of sp³-hybridized carbons (Fsp3) is 0.167. The second-order valence-corrected chi connectivity index (χ2v) is 3.70. The van der Waals surface area contributed by atoms with Crippen LogP contribution in [0.2, 0.25) is 0 Å². The minimum Gasteiger partial charge on any atom is -0.316 e. The van der Waals surface area contributed by atoms with Crippen molar-refractivity contribution in [3.63, 3.8) is 0 Å². The predicted molar refractivity (Wildman–Crippen MR) is 56.9 cm³/mol. The van der Waals surface area contributed by atoms with Gasteiger partial charge in [0.1, 0.15) is 11.9 Å². The smallest absolute Gasteiger partial charge is 0.316 e. The first-order chi connectivity index (χ1) is 7.91. The molecule has 0 saturated heterocycles. The lowest BCUT2D eigenvalue weighted by Crippen LogP contribution is -2.28. The first kappa shape index (κ1) is 11.9. The van der Waals surface area contributed by atoms with Crippen molar-refractivity contribution in [2.24, 2.45) is 5.73 Å². The SMILES string of the molecule is N[C@H](c1ccc(F)c2ccccc12)C(F)(F)F. The molecule has 0 bridgehead atoms. The molecular weight excluding hydrogens is 234 g/mol. The van der Waals surface area contributed by atoms with Gasteiger partial charge in [0.25, 0.3) is 0 Å². The van der Waals surface area contributed by atoms with Crippen LogP contribution in [0.4, 0.5) is 17.6 Å². The number of hydrogen-bond acceptors (Lipinski definition) is 1. The Bertz CT molecular complexity index is 548. The molecule has 17 heavy (non-hydrogen) atoms. The third kappa shape index (κ3) is 2.10. The van der Waals surface area contributed by atoms with Crippen molar-refractivity contribution < 1.29 is 17.6 Å². The van der Waals surface area contributed by atoms with E-state index in [0.29, 0.717) is 0 Å². The first-order valence-electron chi connectivity index (χ1n) is 4.90. The molecule has 1 nitrogen and oxygen atoms in total. The summed E-state index contributed by atoms with van der Waals surface area (Å²) in [5, 5.41) is 0.335. The highest BCUT2D eigenvalue weighted by molar-refractivity contribution is 5.86. The van der Waals surface area contributed by atoms with Gasteiger partial charge in [-0.05, 0) is 17.0 Å². The van der Waals surface area contributed by atoms with Crippen LogP contribution in [0, 0.1) is 5.82 Å². The predicted octanol–water partition coefficient (Wildman–Crippen LogP) is 3.54. The third-order valence-electron chi connectivity index (χ3n) is 2.59. The molecule has 2 aromatic rings. The van der Waals surface area contributed by atoms with E-state index in [1.807, 2.05) is 0 Å². The zero-order chi connectivity index (χ0) is 12.6. The van der Waals surface area contributed by atoms with Crippen molar-refractivity contribution in [3.05, 3.63) is 47.8 Å². The first-order valence-corrected chi connectivity index (χ1v) is 4.90. The summed E-state index contributed by atoms with van der Waals surface area (Å²) in [5.41, 5.74) is 5.02. The number of fused-ring (bicyclic) bond motifs is 1. The van der Waals surface area contributed by atoms with Gasteiger partial charge in [0, 0.05) is 5.39 Å². The van der Waals surface area contributed by atoms with Gasteiger partial charge in [0.15, 0.2) is 0 Å². The normalized spacial score (nSPS) is 13.9. The van der Waals surface area contributed by atoms with E-state index in [2.05, 4.69) is 0 Å². The summed E-state index contributed by atoms with van der Waals surface area (Å²) in [7, 11) is 0. The second kappa shape index (κ2) is 4.00. The second-order valence-electron chi connectivity index (χ2n) is 3.70. The molecule has 0 saturated carbocycles. The molecule has 0 amide bonds.